The molecule has 4 heteroatoms. The van der Waals surface area contributed by atoms with Gasteiger partial charge in [0.15, 0.2) is 0 Å². The van der Waals surface area contributed by atoms with E-state index in [9.17, 15) is 4.79 Å². The van der Waals surface area contributed by atoms with E-state index < -0.39 is 0 Å². The molecule has 0 amide bonds. The Hall–Kier alpha value is -0.410. The molecular weight excluding hydrogens is 265 g/mol. The summed E-state index contributed by atoms with van der Waals surface area (Å²) in [5.74, 6) is 0.180. The lowest BCUT2D eigenvalue weighted by molar-refractivity contribution is -0.119. The number of rotatable bonds is 2. The first kappa shape index (κ1) is 10.1. The molecule has 0 atom stereocenters. The molecular formula is C10H9BrClNO. The second-order valence-corrected chi connectivity index (χ2v) is 4.90. The minimum atomic E-state index is -0.339. The van der Waals surface area contributed by atoms with Crippen LogP contribution in [0, 0.1) is 0 Å². The number of hydrogen-bond acceptors (Lipinski definition) is 2. The highest BCUT2D eigenvalue weighted by atomic mass is 79.9. The number of carbonyl (C=O) groups excluding carboxylic acids is 1. The van der Waals surface area contributed by atoms with E-state index in [2.05, 4.69) is 20.9 Å². The van der Waals surface area contributed by atoms with Crippen LogP contribution in [-0.4, -0.2) is 10.8 Å². The van der Waals surface area contributed by atoms with Gasteiger partial charge < -0.3 is 0 Å². The van der Waals surface area contributed by atoms with E-state index in [1.54, 1.807) is 13.1 Å². The molecule has 0 aromatic carbocycles. The highest BCUT2D eigenvalue weighted by Crippen LogP contribution is 2.51. The predicted octanol–water partition coefficient (Wildman–Crippen LogP) is 3.12. The second kappa shape index (κ2) is 3.31. The van der Waals surface area contributed by atoms with Crippen molar-refractivity contribution in [2.24, 2.45) is 0 Å². The maximum atomic E-state index is 11.5. The Morgan fingerprint density at radius 3 is 2.79 bits per heavy atom. The van der Waals surface area contributed by atoms with E-state index in [1.807, 2.05) is 6.07 Å². The second-order valence-electron chi connectivity index (χ2n) is 3.63. The fourth-order valence-corrected chi connectivity index (χ4v) is 2.31. The normalized spacial score (nSPS) is 17.9. The Balaban J connectivity index is 2.51. The first-order valence-electron chi connectivity index (χ1n) is 4.39. The van der Waals surface area contributed by atoms with Crippen LogP contribution in [0.25, 0.3) is 0 Å². The molecule has 1 aromatic heterocycles. The molecule has 1 saturated carbocycles. The Labute approximate surface area is 95.8 Å². The van der Waals surface area contributed by atoms with E-state index in [-0.39, 0.29) is 11.2 Å². The van der Waals surface area contributed by atoms with Gasteiger partial charge in [0.1, 0.15) is 10.9 Å². The van der Waals surface area contributed by atoms with E-state index in [0.717, 1.165) is 22.9 Å². The highest BCUT2D eigenvalue weighted by Gasteiger charge is 2.50. The number of nitrogens with zero attached hydrogens (tertiary/aromatic N) is 1. The summed E-state index contributed by atoms with van der Waals surface area (Å²) in [7, 11) is 0. The molecule has 0 saturated heterocycles. The van der Waals surface area contributed by atoms with Crippen LogP contribution in [0.5, 0.6) is 0 Å². The zero-order valence-electron chi connectivity index (χ0n) is 7.68. The summed E-state index contributed by atoms with van der Waals surface area (Å²) in [4.78, 5) is 15.5. The molecule has 2 nitrogen and oxygen atoms in total. The number of Topliss-reactive ketones (excluding diaryl/α,β-unsaturated/α-hetero) is 1. The van der Waals surface area contributed by atoms with E-state index >= 15 is 0 Å². The van der Waals surface area contributed by atoms with E-state index in [1.165, 1.54) is 0 Å². The van der Waals surface area contributed by atoms with Gasteiger partial charge in [0.2, 0.25) is 0 Å². The zero-order valence-corrected chi connectivity index (χ0v) is 10.0. The minimum Gasteiger partial charge on any atom is -0.299 e. The first-order chi connectivity index (χ1) is 6.56. The smallest absolute Gasteiger partial charge is 0.140 e. The number of pyridine rings is 1. The largest absolute Gasteiger partial charge is 0.299 e. The van der Waals surface area contributed by atoms with Gasteiger partial charge in [0.25, 0.3) is 0 Å². The minimum absolute atomic E-state index is 0.180. The summed E-state index contributed by atoms with van der Waals surface area (Å²) < 4.78 is 0.865. The highest BCUT2D eigenvalue weighted by molar-refractivity contribution is 9.10. The summed E-state index contributed by atoms with van der Waals surface area (Å²) in [6.45, 7) is 1.62. The van der Waals surface area contributed by atoms with Crippen molar-refractivity contribution in [1.29, 1.82) is 0 Å². The topological polar surface area (TPSA) is 30.0 Å². The van der Waals surface area contributed by atoms with Crippen molar-refractivity contribution in [2.45, 2.75) is 25.2 Å². The van der Waals surface area contributed by atoms with Crippen LogP contribution in [-0.2, 0) is 10.2 Å². The Kier molecular flexibility index (Phi) is 2.40. The molecule has 1 aliphatic rings. The van der Waals surface area contributed by atoms with Gasteiger partial charge in [-0.1, -0.05) is 11.6 Å². The van der Waals surface area contributed by atoms with Gasteiger partial charge in [-0.15, -0.1) is 0 Å². The summed E-state index contributed by atoms with van der Waals surface area (Å²) in [5.41, 5.74) is 0.523. The van der Waals surface area contributed by atoms with Crippen molar-refractivity contribution in [3.8, 4) is 0 Å². The predicted molar refractivity (Wildman–Crippen MR) is 58.5 cm³/mol. The van der Waals surface area contributed by atoms with Crippen LogP contribution in [0.15, 0.2) is 16.7 Å². The molecule has 14 heavy (non-hydrogen) atoms. The van der Waals surface area contributed by atoms with Crippen LogP contribution in [0.3, 0.4) is 0 Å². The maximum Gasteiger partial charge on any atom is 0.140 e. The average molecular weight is 275 g/mol. The fraction of sp³-hybridized carbons (Fsp3) is 0.400. The summed E-state index contributed by atoms with van der Waals surface area (Å²) in [6.07, 6.45) is 3.42. The lowest BCUT2D eigenvalue weighted by atomic mass is 9.94. The lowest BCUT2D eigenvalue weighted by Crippen LogP contribution is -2.17. The molecule has 0 spiro atoms. The van der Waals surface area contributed by atoms with Gasteiger partial charge in [-0.25, -0.2) is 4.98 Å². The number of halogens is 2. The van der Waals surface area contributed by atoms with E-state index in [4.69, 9.17) is 11.6 Å². The first-order valence-corrected chi connectivity index (χ1v) is 5.56. The third-order valence-corrected chi connectivity index (χ3v) is 3.48. The third kappa shape index (κ3) is 1.48. The van der Waals surface area contributed by atoms with Gasteiger partial charge in [0, 0.05) is 16.2 Å². The summed E-state index contributed by atoms with van der Waals surface area (Å²) >= 11 is 9.31. The van der Waals surface area contributed by atoms with Gasteiger partial charge in [-0.2, -0.15) is 0 Å². The third-order valence-electron chi connectivity index (χ3n) is 2.75. The van der Waals surface area contributed by atoms with Gasteiger partial charge in [-0.3, -0.25) is 4.79 Å². The van der Waals surface area contributed by atoms with Gasteiger partial charge >= 0.3 is 0 Å². The van der Waals surface area contributed by atoms with Crippen LogP contribution in [0.4, 0.5) is 0 Å². The monoisotopic (exact) mass is 273 g/mol. The van der Waals surface area contributed by atoms with E-state index in [0.29, 0.717) is 5.15 Å². The number of aromatic nitrogens is 1. The molecule has 2 rings (SSSR count). The standard InChI is InChI=1S/C10H9BrClNO/c1-6(14)10(2-3-10)8-4-7(11)5-13-9(8)12/h4-5H,2-3H2,1H3. The zero-order chi connectivity index (χ0) is 10.3. The molecule has 74 valence electrons. The lowest BCUT2D eigenvalue weighted by Gasteiger charge is -2.12. The molecule has 0 unspecified atom stereocenters. The maximum absolute atomic E-state index is 11.5. The number of carbonyl (C=O) groups is 1. The Morgan fingerprint density at radius 2 is 2.29 bits per heavy atom. The molecule has 0 bridgehead atoms. The van der Waals surface area contributed by atoms with Crippen LogP contribution in [0.1, 0.15) is 25.3 Å². The number of ketones is 1. The van der Waals surface area contributed by atoms with Crippen molar-refractivity contribution >= 4 is 33.3 Å². The van der Waals surface area contributed by atoms with Gasteiger partial charge in [-0.05, 0) is 41.8 Å². The summed E-state index contributed by atoms with van der Waals surface area (Å²) in [5, 5.41) is 0.445. The fourth-order valence-electron chi connectivity index (χ4n) is 1.69. The molecule has 0 radical (unpaired) electrons. The van der Waals surface area contributed by atoms with Crippen LogP contribution < -0.4 is 0 Å². The van der Waals surface area contributed by atoms with Crippen LogP contribution >= 0.6 is 27.5 Å². The number of hydrogen-bond donors (Lipinski definition) is 0. The van der Waals surface area contributed by atoms with Gasteiger partial charge in [0.05, 0.1) is 5.41 Å². The van der Waals surface area contributed by atoms with Crippen molar-refractivity contribution in [3.63, 3.8) is 0 Å². The quantitative estimate of drug-likeness (QED) is 0.776. The molecule has 1 fully saturated rings. The molecule has 1 aromatic rings. The van der Waals surface area contributed by atoms with Crippen molar-refractivity contribution in [3.05, 3.63) is 27.5 Å². The summed E-state index contributed by atoms with van der Waals surface area (Å²) in [6, 6.07) is 1.89. The van der Waals surface area contributed by atoms with Crippen molar-refractivity contribution < 1.29 is 4.79 Å². The Bertz CT molecular complexity index is 401. The molecule has 1 aliphatic carbocycles. The Morgan fingerprint density at radius 1 is 1.64 bits per heavy atom. The van der Waals surface area contributed by atoms with Crippen molar-refractivity contribution in [2.75, 3.05) is 0 Å². The molecule has 0 aliphatic heterocycles. The average Bonchev–Trinajstić information content (AvgIpc) is 2.90. The molecule has 0 N–H and O–H groups in total. The SMILES string of the molecule is CC(=O)C1(c2cc(Br)cnc2Cl)CC1. The molecule has 1 heterocycles. The van der Waals surface area contributed by atoms with Crippen molar-refractivity contribution in [1.82, 2.24) is 4.98 Å². The van der Waals surface area contributed by atoms with Crippen LogP contribution in [0.2, 0.25) is 5.15 Å².